The molecule has 0 bridgehead atoms. The molecule has 25 heteroatoms. The molecule has 0 spiro atoms. The normalized spacial score (nSPS) is 16.5. The van der Waals surface area contributed by atoms with Crippen LogP contribution in [0.1, 0.15) is 253 Å². The second kappa shape index (κ2) is 57.2. The van der Waals surface area contributed by atoms with E-state index in [-0.39, 0.29) is 174 Å². The van der Waals surface area contributed by atoms with Crippen molar-refractivity contribution in [3.8, 4) is 22.6 Å². The standard InChI is InChI=1S/2C18H33P.C17H12ClNO3S.C13H12INO3S.C5H5BClNO2.CHO3.3CH4.2K.Pd/c2*1-4-10-16(11-5-1)19(17-12-6-2-7-13-17)18-14-8-3-9-15-18;18-14-4-2-1-3-13(14)11-5-7-12(8-6-11)22-9-16-19-15(10-23-16)17(20)21;1-2-17-13(16)11-8-19-12(15-11)7-18-10-5-3-9(14)4-6-10;7-5-4(6(9)10)2-1-3-8-5;2-1-4-3;;;;;;/h2*16-18H,1-15H2;1-8,10H,9H2,(H,20,21);3-6,8H,2,7H2,1H3;1-3,9-10H;3H;3*1H4;;;/q;;;;;-1;;;;;;. The summed E-state index contributed by atoms with van der Waals surface area (Å²) < 4.78 is 17.3. The van der Waals surface area contributed by atoms with Gasteiger partial charge in [-0.1, -0.05) is 213 Å². The number of halogens is 3. The van der Waals surface area contributed by atoms with E-state index in [2.05, 4.69) is 42.4 Å². The Hall–Kier alpha value is 0.130. The molecular weight excluding hydrogens is 1640 g/mol. The third kappa shape index (κ3) is 35.2. The van der Waals surface area contributed by atoms with Gasteiger partial charge in [0.2, 0.25) is 0 Å². The van der Waals surface area contributed by atoms with Crippen molar-refractivity contribution in [1.82, 2.24) is 15.0 Å². The third-order valence-corrected chi connectivity index (χ3v) is 29.6. The number of carbonyl (C=O) groups is 2. The molecule has 3 aromatic heterocycles. The Morgan fingerprint density at radius 2 is 0.930 bits per heavy atom. The van der Waals surface area contributed by atoms with Crippen LogP contribution >= 0.6 is 84.3 Å². The molecule has 548 valence electrons. The first-order valence-corrected chi connectivity index (χ1v) is 40.9. The molecule has 100 heavy (non-hydrogen) atoms. The average Bonchev–Trinajstić information content (AvgIpc) is 1.01. The summed E-state index contributed by atoms with van der Waals surface area (Å²) in [5.41, 5.74) is 9.72. The number of rotatable bonds is 18. The molecule has 3 aromatic carbocycles. The molecule has 3 heterocycles. The SMILES string of the molecule is C.C.C.C1CCC(P(C2CCCCC2)C2CCCCC2)CC1.C1CCC(P(C2CCCCC2)C2CCCCC2)CC1.CCOC(=O)c1csc(COc2ccc(I)cc2)n1.O=C(O)c1csc(COc2ccc(-c3ccccc3Cl)cc2)n1.O=[C-]OO.OB(O)c1cccnc1Cl.[K].[K].[Pd]. The monoisotopic (exact) mass is 1740 g/mol. The maximum absolute atomic E-state index is 11.5. The summed E-state index contributed by atoms with van der Waals surface area (Å²) in [6.07, 6.45) is 48.7. The van der Waals surface area contributed by atoms with E-state index in [1.807, 2.05) is 72.8 Å². The summed E-state index contributed by atoms with van der Waals surface area (Å²) >= 11 is 16.6. The van der Waals surface area contributed by atoms with Crippen molar-refractivity contribution in [3.05, 3.63) is 137 Å². The average molecular weight is 1750 g/mol. The third-order valence-electron chi connectivity index (χ3n) is 18.5. The first kappa shape index (κ1) is 98.1. The van der Waals surface area contributed by atoms with Crippen molar-refractivity contribution in [1.29, 1.82) is 0 Å². The van der Waals surface area contributed by atoms with Crippen LogP contribution in [-0.4, -0.2) is 204 Å². The summed E-state index contributed by atoms with van der Waals surface area (Å²) in [7, 11) is -0.771. The maximum Gasteiger partial charge on any atom is 0.491 e. The number of aromatic carboxylic acids is 1. The predicted molar refractivity (Wildman–Crippen MR) is 427 cm³/mol. The van der Waals surface area contributed by atoms with Gasteiger partial charge in [-0.05, 0) is 201 Å². The van der Waals surface area contributed by atoms with Crippen LogP contribution in [-0.2, 0) is 48.1 Å². The van der Waals surface area contributed by atoms with Crippen molar-refractivity contribution in [2.24, 2.45) is 0 Å². The number of hydrogen-bond donors (Lipinski definition) is 4. The summed E-state index contributed by atoms with van der Waals surface area (Å²) in [6, 6.07) is 26.0. The topological polar surface area (TPSA) is 208 Å². The number of hydrogen-bond acceptors (Lipinski definition) is 15. The number of carboxylic acids is 1. The molecule has 0 atom stereocenters. The second-order valence-electron chi connectivity index (χ2n) is 24.9. The molecule has 14 nitrogen and oxygen atoms in total. The van der Waals surface area contributed by atoms with Gasteiger partial charge in [0.15, 0.2) is 11.4 Å². The molecular formula is C75H108BCl2IK2N3O11P2PdS2-. The van der Waals surface area contributed by atoms with Gasteiger partial charge in [0.25, 0.3) is 0 Å². The Labute approximate surface area is 732 Å². The van der Waals surface area contributed by atoms with Crippen molar-refractivity contribution < 1.29 is 74.3 Å². The van der Waals surface area contributed by atoms with Gasteiger partial charge in [-0.25, -0.2) is 29.8 Å². The van der Waals surface area contributed by atoms with Crippen LogP contribution in [0.25, 0.3) is 11.1 Å². The number of nitrogens with zero attached hydrogens (tertiary/aromatic N) is 3. The van der Waals surface area contributed by atoms with E-state index >= 15 is 0 Å². The Morgan fingerprint density at radius 1 is 0.570 bits per heavy atom. The van der Waals surface area contributed by atoms with Crippen molar-refractivity contribution >= 4 is 218 Å². The Bertz CT molecular complexity index is 2970. The summed E-state index contributed by atoms with van der Waals surface area (Å²) in [5.74, 6) is 0.0528. The zero-order valence-electron chi connectivity index (χ0n) is 56.8. The quantitative estimate of drug-likeness (QED) is 0.00923. The van der Waals surface area contributed by atoms with Crippen LogP contribution in [0.4, 0.5) is 0 Å². The van der Waals surface area contributed by atoms with Crippen molar-refractivity contribution in [2.75, 3.05) is 6.61 Å². The number of benzene rings is 3. The molecule has 6 aromatic rings. The van der Waals surface area contributed by atoms with Gasteiger partial charge in [0, 0.05) is 160 Å². The molecule has 4 N–H and O–H groups in total. The van der Waals surface area contributed by atoms with Gasteiger partial charge in [0.05, 0.1) is 6.61 Å². The number of thiazole rings is 2. The van der Waals surface area contributed by atoms with Gasteiger partial charge in [-0.3, -0.25) is 0 Å². The van der Waals surface area contributed by atoms with Crippen LogP contribution in [0.15, 0.2) is 102 Å². The minimum atomic E-state index is -1.54. The van der Waals surface area contributed by atoms with Crippen LogP contribution < -0.4 is 14.9 Å². The number of esters is 1. The van der Waals surface area contributed by atoms with Gasteiger partial charge < -0.3 is 39.0 Å². The first-order valence-electron chi connectivity index (χ1n) is 34.2. The molecule has 0 aliphatic heterocycles. The molecule has 12 rings (SSSR count). The molecule has 6 aliphatic carbocycles. The zero-order valence-corrected chi connectivity index (χ0v) is 71.7. The molecule has 6 fully saturated rings. The van der Waals surface area contributed by atoms with Crippen LogP contribution in [0.3, 0.4) is 0 Å². The fourth-order valence-electron chi connectivity index (χ4n) is 14.1. The number of aromatic nitrogens is 3. The fourth-order valence-corrected chi connectivity index (χ4v) is 25.6. The van der Waals surface area contributed by atoms with E-state index in [1.165, 1.54) is 113 Å². The number of carbonyl (C=O) groups excluding carboxylic acids is 2. The van der Waals surface area contributed by atoms with Crippen molar-refractivity contribution in [2.45, 2.75) is 269 Å². The van der Waals surface area contributed by atoms with E-state index in [0.29, 0.717) is 50.5 Å². The van der Waals surface area contributed by atoms with Crippen LogP contribution in [0, 0.1) is 3.57 Å². The van der Waals surface area contributed by atoms with Gasteiger partial charge >= 0.3 is 19.1 Å². The van der Waals surface area contributed by atoms with E-state index < -0.39 is 13.1 Å². The molecule has 2 radical (unpaired) electrons. The predicted octanol–water partition coefficient (Wildman–Crippen LogP) is 21.3. The minimum Gasteiger partial charge on any atom is -0.509 e. The number of pyridine rings is 1. The van der Waals surface area contributed by atoms with E-state index in [9.17, 15) is 9.59 Å². The van der Waals surface area contributed by atoms with Gasteiger partial charge in [-0.15, -0.1) is 22.7 Å². The van der Waals surface area contributed by atoms with Crippen molar-refractivity contribution in [3.63, 3.8) is 0 Å². The number of carboxylic acid groups (broad SMARTS) is 1. The summed E-state index contributed by atoms with van der Waals surface area (Å²) in [4.78, 5) is 45.3. The Balaban J connectivity index is 0.000000616. The largest absolute Gasteiger partial charge is 0.509 e. The fraction of sp³-hybridized carbons (Fsp3) is 0.573. The smallest absolute Gasteiger partial charge is 0.491 e. The van der Waals surface area contributed by atoms with Crippen LogP contribution in [0.2, 0.25) is 10.2 Å². The molecule has 0 unspecified atom stereocenters. The molecule has 0 saturated heterocycles. The maximum atomic E-state index is 11.5. The molecule has 0 amide bonds. The number of ether oxygens (including phenoxy) is 3. The summed E-state index contributed by atoms with van der Waals surface area (Å²) in [6.45, 7) is 3.45. The van der Waals surface area contributed by atoms with Gasteiger partial charge in [-0.2, -0.15) is 0 Å². The first-order chi connectivity index (χ1) is 45.8. The molecule has 6 aliphatic rings. The second-order valence-corrected chi connectivity index (χ2v) is 35.0. The van der Waals surface area contributed by atoms with Crippen LogP contribution in [0.5, 0.6) is 11.5 Å². The van der Waals surface area contributed by atoms with E-state index in [4.69, 9.17) is 62.6 Å². The van der Waals surface area contributed by atoms with Gasteiger partial charge in [0.1, 0.15) is 39.9 Å². The Kier molecular flexibility index (Phi) is 56.2. The van der Waals surface area contributed by atoms with E-state index in [0.717, 1.165) is 31.9 Å². The zero-order chi connectivity index (χ0) is 66.7. The summed E-state index contributed by atoms with van der Waals surface area (Å²) in [5, 5.41) is 38.4. The Morgan fingerprint density at radius 3 is 1.25 bits per heavy atom. The molecule has 6 saturated carbocycles. The minimum absolute atomic E-state index is 0. The van der Waals surface area contributed by atoms with E-state index in [1.54, 1.807) is 172 Å².